The molecule has 0 radical (unpaired) electrons. The molecule has 2 aromatic heterocycles. The van der Waals surface area contributed by atoms with Gasteiger partial charge in [-0.15, -0.1) is 0 Å². The number of halogens is 3. The minimum atomic E-state index is -4.43. The number of aryl methyl sites for hydroxylation is 2. The van der Waals surface area contributed by atoms with Crippen LogP contribution < -0.4 is 5.49 Å². The van der Waals surface area contributed by atoms with E-state index in [0.29, 0.717) is 35.5 Å². The largest absolute Gasteiger partial charge is 0.416 e. The Hall–Kier alpha value is -3.05. The Morgan fingerprint density at radius 3 is 2.57 bits per heavy atom. The number of pyridine rings is 1. The van der Waals surface area contributed by atoms with E-state index in [1.54, 1.807) is 12.3 Å². The van der Waals surface area contributed by atoms with Gasteiger partial charge in [0.25, 0.3) is 0 Å². The van der Waals surface area contributed by atoms with E-state index in [4.69, 9.17) is 0 Å². The summed E-state index contributed by atoms with van der Waals surface area (Å²) in [7, 11) is -1.41. The zero-order valence-electron chi connectivity index (χ0n) is 19.9. The molecular formula is C24H26F3N5O2S. The van der Waals surface area contributed by atoms with Crippen LogP contribution in [0.2, 0.25) is 0 Å². The second kappa shape index (κ2) is 9.19. The highest BCUT2D eigenvalue weighted by molar-refractivity contribution is 7.88. The van der Waals surface area contributed by atoms with Crippen LogP contribution in [-0.2, 0) is 29.8 Å². The minimum absolute atomic E-state index is 0.0503. The first kappa shape index (κ1) is 25.1. The van der Waals surface area contributed by atoms with Gasteiger partial charge in [0.1, 0.15) is 5.82 Å². The lowest BCUT2D eigenvalue weighted by atomic mass is 10.0. The fourth-order valence-electron chi connectivity index (χ4n) is 4.16. The standard InChI is InChI=1S/C24H26F3N5O2S/c1-15-18(6-5-7-20(15)24(25,26)27)13-29-23-19-12-21(28-14-22(19)31(3)16(2)30-23)17-8-10-32(11-9-17)35(4,33)34/h5-8,12,14H,9-11,13H2,1-4H3. The molecule has 0 spiro atoms. The molecule has 11 heteroatoms. The van der Waals surface area contributed by atoms with E-state index < -0.39 is 21.8 Å². The summed E-state index contributed by atoms with van der Waals surface area (Å²) in [5, 5.41) is 0.721. The zero-order chi connectivity index (χ0) is 25.5. The summed E-state index contributed by atoms with van der Waals surface area (Å²) in [5.74, 6) is 0.687. The zero-order valence-corrected chi connectivity index (χ0v) is 20.7. The Morgan fingerprint density at radius 2 is 1.94 bits per heavy atom. The molecule has 186 valence electrons. The van der Waals surface area contributed by atoms with Crippen molar-refractivity contribution in [1.82, 2.24) is 18.8 Å². The number of hydrogen-bond acceptors (Lipinski definition) is 5. The number of alkyl halides is 3. The van der Waals surface area contributed by atoms with Crippen molar-refractivity contribution in [2.75, 3.05) is 19.3 Å². The Morgan fingerprint density at radius 1 is 1.20 bits per heavy atom. The molecule has 7 nitrogen and oxygen atoms in total. The van der Waals surface area contributed by atoms with Gasteiger partial charge in [0.2, 0.25) is 10.0 Å². The van der Waals surface area contributed by atoms with E-state index >= 15 is 0 Å². The van der Waals surface area contributed by atoms with Crippen LogP contribution in [0.15, 0.2) is 41.5 Å². The van der Waals surface area contributed by atoms with Gasteiger partial charge >= 0.3 is 6.18 Å². The second-order valence-electron chi connectivity index (χ2n) is 8.63. The Balaban J connectivity index is 1.77. The Labute approximate surface area is 201 Å². The normalized spacial score (nSPS) is 16.1. The highest BCUT2D eigenvalue weighted by Gasteiger charge is 2.32. The van der Waals surface area contributed by atoms with Crippen LogP contribution in [0.5, 0.6) is 0 Å². The molecule has 1 aliphatic rings. The summed E-state index contributed by atoms with van der Waals surface area (Å²) in [6.07, 6.45) is 0.852. The summed E-state index contributed by atoms with van der Waals surface area (Å²) in [6, 6.07) is 5.96. The lowest BCUT2D eigenvalue weighted by molar-refractivity contribution is -0.138. The van der Waals surface area contributed by atoms with Crippen molar-refractivity contribution in [3.05, 3.63) is 70.2 Å². The van der Waals surface area contributed by atoms with E-state index in [1.165, 1.54) is 23.6 Å². The van der Waals surface area contributed by atoms with E-state index in [1.807, 2.05) is 30.7 Å². The maximum Gasteiger partial charge on any atom is 0.416 e. The minimum Gasteiger partial charge on any atom is -0.331 e. The molecule has 0 saturated heterocycles. The maximum absolute atomic E-state index is 13.3. The van der Waals surface area contributed by atoms with Gasteiger partial charge in [0.05, 0.1) is 35.8 Å². The summed E-state index contributed by atoms with van der Waals surface area (Å²) in [6.45, 7) is 3.98. The van der Waals surface area contributed by atoms with E-state index in [2.05, 4.69) is 15.0 Å². The average Bonchev–Trinajstić information content (AvgIpc) is 2.79. The number of hydrogen-bond donors (Lipinski definition) is 0. The summed E-state index contributed by atoms with van der Waals surface area (Å²) in [5.41, 5.74) is 2.79. The van der Waals surface area contributed by atoms with E-state index in [0.717, 1.165) is 22.5 Å². The van der Waals surface area contributed by atoms with Crippen molar-refractivity contribution >= 4 is 26.5 Å². The van der Waals surface area contributed by atoms with Crippen molar-refractivity contribution in [3.8, 4) is 0 Å². The Kier molecular flexibility index (Phi) is 6.58. The van der Waals surface area contributed by atoms with Gasteiger partial charge in [0, 0.05) is 25.5 Å². The number of benzene rings is 1. The maximum atomic E-state index is 13.3. The Bertz CT molecular complexity index is 1510. The predicted molar refractivity (Wildman–Crippen MR) is 128 cm³/mol. The SMILES string of the molecule is Cc1c(CN=c2nc(C)n(C)c3cnc(C4=CCN(S(C)(=O)=O)CC4)cc23)cccc1C(F)(F)F. The fraction of sp³-hybridized carbons (Fsp3) is 0.375. The quantitative estimate of drug-likeness (QED) is 0.541. The number of nitrogens with zero attached hydrogens (tertiary/aromatic N) is 5. The number of fused-ring (bicyclic) bond motifs is 1. The molecule has 0 N–H and O–H groups in total. The monoisotopic (exact) mass is 505 g/mol. The van der Waals surface area contributed by atoms with Crippen LogP contribution in [-0.4, -0.2) is 46.6 Å². The third-order valence-electron chi connectivity index (χ3n) is 6.36. The third kappa shape index (κ3) is 5.15. The van der Waals surface area contributed by atoms with Crippen LogP contribution in [0.25, 0.3) is 16.5 Å². The van der Waals surface area contributed by atoms with Crippen molar-refractivity contribution in [1.29, 1.82) is 0 Å². The van der Waals surface area contributed by atoms with E-state index in [-0.39, 0.29) is 18.7 Å². The fourth-order valence-corrected chi connectivity index (χ4v) is 4.93. The molecule has 1 aromatic carbocycles. The van der Waals surface area contributed by atoms with Gasteiger partial charge in [-0.25, -0.2) is 13.4 Å². The third-order valence-corrected chi connectivity index (χ3v) is 7.63. The van der Waals surface area contributed by atoms with Crippen LogP contribution in [0.4, 0.5) is 13.2 Å². The first-order chi connectivity index (χ1) is 16.4. The molecule has 4 rings (SSSR count). The van der Waals surface area contributed by atoms with Gasteiger partial charge in [-0.1, -0.05) is 18.2 Å². The van der Waals surface area contributed by atoms with Crippen LogP contribution >= 0.6 is 0 Å². The van der Waals surface area contributed by atoms with Gasteiger partial charge < -0.3 is 4.57 Å². The van der Waals surface area contributed by atoms with Crippen LogP contribution in [0.1, 0.15) is 34.6 Å². The molecule has 0 unspecified atom stereocenters. The molecule has 0 aliphatic carbocycles. The van der Waals surface area contributed by atoms with Gasteiger partial charge in [-0.05, 0) is 49.1 Å². The van der Waals surface area contributed by atoms with Crippen molar-refractivity contribution < 1.29 is 21.6 Å². The number of rotatable bonds is 4. The van der Waals surface area contributed by atoms with Crippen molar-refractivity contribution in [2.45, 2.75) is 33.0 Å². The van der Waals surface area contributed by atoms with E-state index in [9.17, 15) is 21.6 Å². The van der Waals surface area contributed by atoms with Crippen LogP contribution in [0.3, 0.4) is 0 Å². The molecule has 1 aliphatic heterocycles. The summed E-state index contributed by atoms with van der Waals surface area (Å²) in [4.78, 5) is 13.8. The second-order valence-corrected chi connectivity index (χ2v) is 10.6. The highest BCUT2D eigenvalue weighted by atomic mass is 32.2. The predicted octanol–water partition coefficient (Wildman–Crippen LogP) is 3.75. The molecule has 0 amide bonds. The molecule has 0 atom stereocenters. The molecule has 0 fully saturated rings. The average molecular weight is 506 g/mol. The first-order valence-corrected chi connectivity index (χ1v) is 12.8. The topological polar surface area (TPSA) is 80.5 Å². The number of sulfonamides is 1. The molecule has 3 heterocycles. The van der Waals surface area contributed by atoms with Crippen LogP contribution in [0, 0.1) is 13.8 Å². The molecular weight excluding hydrogens is 479 g/mol. The summed E-state index contributed by atoms with van der Waals surface area (Å²) < 4.78 is 66.8. The van der Waals surface area contributed by atoms with Gasteiger partial charge in [-0.2, -0.15) is 17.5 Å². The molecule has 0 saturated carbocycles. The number of aromatic nitrogens is 3. The highest BCUT2D eigenvalue weighted by Crippen LogP contribution is 2.33. The smallest absolute Gasteiger partial charge is 0.331 e. The van der Waals surface area contributed by atoms with Crippen molar-refractivity contribution in [2.24, 2.45) is 12.0 Å². The van der Waals surface area contributed by atoms with Crippen molar-refractivity contribution in [3.63, 3.8) is 0 Å². The molecule has 35 heavy (non-hydrogen) atoms. The lowest BCUT2D eigenvalue weighted by Crippen LogP contribution is -2.33. The molecule has 0 bridgehead atoms. The molecule has 3 aromatic rings. The van der Waals surface area contributed by atoms with Gasteiger partial charge in [-0.3, -0.25) is 9.98 Å². The summed E-state index contributed by atoms with van der Waals surface area (Å²) >= 11 is 0. The lowest BCUT2D eigenvalue weighted by Gasteiger charge is -2.24. The first-order valence-electron chi connectivity index (χ1n) is 11.0. The van der Waals surface area contributed by atoms with Gasteiger partial charge in [0.15, 0.2) is 5.49 Å².